The maximum Gasteiger partial charge on any atom is 0.328 e. The molecule has 7 nitrogen and oxygen atoms in total. The molecule has 0 saturated carbocycles. The van der Waals surface area contributed by atoms with Crippen LogP contribution in [0.2, 0.25) is 0 Å². The van der Waals surface area contributed by atoms with Gasteiger partial charge in [-0.25, -0.2) is 10.2 Å². The molecule has 0 spiro atoms. The van der Waals surface area contributed by atoms with Crippen LogP contribution < -0.4 is 10.7 Å². The molecule has 0 atom stereocenters. The number of hydrogen-bond acceptors (Lipinski definition) is 5. The van der Waals surface area contributed by atoms with E-state index in [4.69, 9.17) is 5.11 Å². The second-order valence-electron chi connectivity index (χ2n) is 6.27. The number of amides is 2. The van der Waals surface area contributed by atoms with Gasteiger partial charge < -0.3 is 10.4 Å². The average Bonchev–Trinajstić information content (AvgIpc) is 3.15. The highest BCUT2D eigenvalue weighted by atomic mass is 32.1. The summed E-state index contributed by atoms with van der Waals surface area (Å²) in [6, 6.07) is 8.67. The maximum atomic E-state index is 12.2. The fourth-order valence-electron chi connectivity index (χ4n) is 2.16. The fraction of sp³-hybridized carbons (Fsp3) is 0.200. The van der Waals surface area contributed by atoms with Gasteiger partial charge in [-0.15, -0.1) is 11.3 Å². The van der Waals surface area contributed by atoms with E-state index >= 15 is 0 Å². The van der Waals surface area contributed by atoms with Crippen molar-refractivity contribution < 1.29 is 19.5 Å². The Labute approximate surface area is 166 Å². The van der Waals surface area contributed by atoms with Crippen LogP contribution in [-0.4, -0.2) is 28.6 Å². The molecule has 2 rings (SSSR count). The predicted molar refractivity (Wildman–Crippen MR) is 110 cm³/mol. The van der Waals surface area contributed by atoms with Gasteiger partial charge in [0.15, 0.2) is 0 Å². The molecule has 1 aromatic carbocycles. The first-order valence-electron chi connectivity index (χ1n) is 8.51. The Morgan fingerprint density at radius 3 is 2.36 bits per heavy atom. The lowest BCUT2D eigenvalue weighted by Crippen LogP contribution is -2.18. The van der Waals surface area contributed by atoms with Gasteiger partial charge in [-0.3, -0.25) is 9.59 Å². The molecule has 0 aliphatic rings. The monoisotopic (exact) mass is 399 g/mol. The van der Waals surface area contributed by atoms with E-state index in [1.54, 1.807) is 42.5 Å². The molecule has 0 unspecified atom stereocenters. The molecule has 0 saturated heterocycles. The van der Waals surface area contributed by atoms with E-state index in [2.05, 4.69) is 29.7 Å². The first kappa shape index (κ1) is 21.0. The van der Waals surface area contributed by atoms with Gasteiger partial charge in [-0.1, -0.05) is 26.0 Å². The second-order valence-corrected chi connectivity index (χ2v) is 7.21. The lowest BCUT2D eigenvalue weighted by Gasteiger charge is -2.05. The van der Waals surface area contributed by atoms with Crippen molar-refractivity contribution in [3.05, 3.63) is 63.9 Å². The summed E-state index contributed by atoms with van der Waals surface area (Å²) in [5.74, 6) is -1.63. The molecule has 1 aromatic heterocycles. The van der Waals surface area contributed by atoms with Crippen molar-refractivity contribution in [1.29, 1.82) is 0 Å². The minimum atomic E-state index is -1.19. The number of nitrogens with zero attached hydrogens (tertiary/aromatic N) is 1. The Bertz CT molecular complexity index is 927. The van der Waals surface area contributed by atoms with Crippen LogP contribution in [0.3, 0.4) is 0 Å². The number of carbonyl (C=O) groups excluding carboxylic acids is 2. The second kappa shape index (κ2) is 9.61. The van der Waals surface area contributed by atoms with Crippen molar-refractivity contribution in [3.8, 4) is 0 Å². The number of benzene rings is 1. The summed E-state index contributed by atoms with van der Waals surface area (Å²) in [5, 5.41) is 17.0. The van der Waals surface area contributed by atoms with E-state index in [0.29, 0.717) is 22.9 Å². The fourth-order valence-corrected chi connectivity index (χ4v) is 3.07. The molecule has 28 heavy (non-hydrogen) atoms. The number of nitrogens with one attached hydrogen (secondary N) is 2. The zero-order chi connectivity index (χ0) is 20.7. The summed E-state index contributed by atoms with van der Waals surface area (Å²) >= 11 is 1.55. The third-order valence-electron chi connectivity index (χ3n) is 3.72. The number of hydrogen-bond donors (Lipinski definition) is 3. The zero-order valence-corrected chi connectivity index (χ0v) is 16.5. The Morgan fingerprint density at radius 2 is 1.79 bits per heavy atom. The normalized spacial score (nSPS) is 11.6. The molecular formula is C20H21N3O4S. The smallest absolute Gasteiger partial charge is 0.328 e. The standard InChI is InChI=1S/C20H21N3O4S/c1-12(2)17-10-15(11-28-17)20(27)23-22-13(3)14-4-6-16(7-5-14)21-18(24)8-9-19(25)26/h4-12H,1-3H3,(H,21,24)(H,23,27)(H,25,26)/b9-8+,22-13-. The molecule has 8 heteroatoms. The van der Waals surface area contributed by atoms with Crippen molar-refractivity contribution in [2.24, 2.45) is 5.10 Å². The van der Waals surface area contributed by atoms with Crippen molar-refractivity contribution >= 4 is 40.5 Å². The minimum Gasteiger partial charge on any atom is -0.478 e. The number of carboxylic acid groups (broad SMARTS) is 1. The summed E-state index contributed by atoms with van der Waals surface area (Å²) in [4.78, 5) is 35.3. The van der Waals surface area contributed by atoms with E-state index in [1.807, 2.05) is 11.4 Å². The molecule has 2 aromatic rings. The summed E-state index contributed by atoms with van der Waals surface area (Å²) in [7, 11) is 0. The van der Waals surface area contributed by atoms with Gasteiger partial charge in [-0.05, 0) is 36.6 Å². The van der Waals surface area contributed by atoms with Gasteiger partial charge in [0.2, 0.25) is 5.91 Å². The van der Waals surface area contributed by atoms with Gasteiger partial charge in [0.1, 0.15) is 0 Å². The van der Waals surface area contributed by atoms with Gasteiger partial charge in [0, 0.05) is 28.1 Å². The van der Waals surface area contributed by atoms with Crippen LogP contribution in [0.5, 0.6) is 0 Å². The van der Waals surface area contributed by atoms with Gasteiger partial charge in [-0.2, -0.15) is 5.10 Å². The molecule has 2 amide bonds. The average molecular weight is 399 g/mol. The van der Waals surface area contributed by atoms with E-state index in [0.717, 1.165) is 22.6 Å². The van der Waals surface area contributed by atoms with Crippen LogP contribution >= 0.6 is 11.3 Å². The van der Waals surface area contributed by atoms with Crippen LogP contribution in [0.25, 0.3) is 0 Å². The van der Waals surface area contributed by atoms with Gasteiger partial charge in [0.05, 0.1) is 11.3 Å². The van der Waals surface area contributed by atoms with Crippen molar-refractivity contribution in [2.45, 2.75) is 26.7 Å². The van der Waals surface area contributed by atoms with Crippen LogP contribution in [0.1, 0.15) is 47.5 Å². The lowest BCUT2D eigenvalue weighted by atomic mass is 10.1. The molecule has 3 N–H and O–H groups in total. The van der Waals surface area contributed by atoms with E-state index in [1.165, 1.54) is 0 Å². The first-order valence-corrected chi connectivity index (χ1v) is 9.39. The van der Waals surface area contributed by atoms with E-state index < -0.39 is 11.9 Å². The van der Waals surface area contributed by atoms with E-state index in [9.17, 15) is 14.4 Å². The number of carboxylic acids is 1. The highest BCUT2D eigenvalue weighted by Crippen LogP contribution is 2.23. The number of hydrazone groups is 1. The summed E-state index contributed by atoms with van der Waals surface area (Å²) in [5.41, 5.74) is 5.02. The molecule has 0 aliphatic carbocycles. The van der Waals surface area contributed by atoms with Crippen molar-refractivity contribution in [3.63, 3.8) is 0 Å². The SMILES string of the molecule is C/C(=N/NC(=O)c1csc(C(C)C)c1)c1ccc(NC(=O)/C=C/C(=O)O)cc1. The van der Waals surface area contributed by atoms with Gasteiger partial charge >= 0.3 is 5.97 Å². The van der Waals surface area contributed by atoms with Crippen LogP contribution in [0, 0.1) is 0 Å². The largest absolute Gasteiger partial charge is 0.478 e. The van der Waals surface area contributed by atoms with Gasteiger partial charge in [0.25, 0.3) is 5.91 Å². The Balaban J connectivity index is 1.97. The highest BCUT2D eigenvalue weighted by Gasteiger charge is 2.10. The minimum absolute atomic E-state index is 0.267. The van der Waals surface area contributed by atoms with Crippen LogP contribution in [0.15, 0.2) is 53.0 Å². The molecule has 0 bridgehead atoms. The first-order chi connectivity index (χ1) is 13.3. The number of aliphatic carboxylic acids is 1. The van der Waals surface area contributed by atoms with Crippen molar-refractivity contribution in [1.82, 2.24) is 5.43 Å². The third-order valence-corrected chi connectivity index (χ3v) is 4.96. The quantitative estimate of drug-likeness (QED) is 0.375. The zero-order valence-electron chi connectivity index (χ0n) is 15.7. The molecule has 0 aliphatic heterocycles. The molecule has 146 valence electrons. The molecular weight excluding hydrogens is 378 g/mol. The summed E-state index contributed by atoms with van der Waals surface area (Å²) in [6.45, 7) is 5.91. The highest BCUT2D eigenvalue weighted by molar-refractivity contribution is 7.10. The van der Waals surface area contributed by atoms with E-state index in [-0.39, 0.29) is 5.91 Å². The summed E-state index contributed by atoms with van der Waals surface area (Å²) < 4.78 is 0. The number of carbonyl (C=O) groups is 3. The number of thiophene rings is 1. The van der Waals surface area contributed by atoms with Crippen LogP contribution in [0.4, 0.5) is 5.69 Å². The number of rotatable bonds is 7. The maximum absolute atomic E-state index is 12.2. The number of anilines is 1. The Kier molecular flexibility index (Phi) is 7.22. The molecule has 0 fully saturated rings. The Hall–Kier alpha value is -3.26. The molecule has 1 heterocycles. The molecule has 0 radical (unpaired) electrons. The summed E-state index contributed by atoms with van der Waals surface area (Å²) in [6.07, 6.45) is 1.70. The Morgan fingerprint density at radius 1 is 1.11 bits per heavy atom. The van der Waals surface area contributed by atoms with Crippen molar-refractivity contribution in [2.75, 3.05) is 5.32 Å². The lowest BCUT2D eigenvalue weighted by molar-refractivity contribution is -0.131. The topological polar surface area (TPSA) is 108 Å². The van der Waals surface area contributed by atoms with Crippen LogP contribution in [-0.2, 0) is 9.59 Å². The third kappa shape index (κ3) is 6.17. The predicted octanol–water partition coefficient (Wildman–Crippen LogP) is 3.60.